The maximum absolute atomic E-state index is 14.1. The molecule has 2 atom stereocenters. The molecular formula is C40H57FN2O6Si2. The molecule has 0 fully saturated rings. The van der Waals surface area contributed by atoms with E-state index in [2.05, 4.69) is 110 Å². The summed E-state index contributed by atoms with van der Waals surface area (Å²) in [6.45, 7) is 26.0. The summed E-state index contributed by atoms with van der Waals surface area (Å²) in [5.41, 5.74) is 3.96. The molecule has 2 heterocycles. The van der Waals surface area contributed by atoms with Crippen LogP contribution in [-0.2, 0) is 13.6 Å². The van der Waals surface area contributed by atoms with Crippen LogP contribution in [0.2, 0.25) is 36.3 Å². The minimum atomic E-state index is -2.40. The minimum absolute atomic E-state index is 0.0939. The van der Waals surface area contributed by atoms with Crippen molar-refractivity contribution in [3.8, 4) is 22.9 Å². The van der Waals surface area contributed by atoms with Gasteiger partial charge in [0.1, 0.15) is 5.82 Å². The lowest BCUT2D eigenvalue weighted by Gasteiger charge is -2.42. The largest absolute Gasteiger partial charge is 0.492 e. The lowest BCUT2D eigenvalue weighted by Crippen LogP contribution is -2.47. The number of hydrogen-bond donors (Lipinski definition) is 2. The molecule has 278 valence electrons. The molecule has 2 N–H and O–H groups in total. The van der Waals surface area contributed by atoms with Gasteiger partial charge in [-0.2, -0.15) is 0 Å². The number of carbonyl (C=O) groups excluding carboxylic acids is 1. The highest BCUT2D eigenvalue weighted by atomic mass is 28.4. The summed E-state index contributed by atoms with van der Waals surface area (Å²) >= 11 is 0. The number of aromatic hydroxyl groups is 2. The third-order valence-electron chi connectivity index (χ3n) is 10.5. The molecule has 0 aliphatic carbocycles. The van der Waals surface area contributed by atoms with Crippen LogP contribution in [0, 0.1) is 5.82 Å². The van der Waals surface area contributed by atoms with Crippen molar-refractivity contribution < 1.29 is 33.1 Å². The van der Waals surface area contributed by atoms with Gasteiger partial charge in [0.2, 0.25) is 11.8 Å². The van der Waals surface area contributed by atoms with Crippen LogP contribution in [0.4, 0.5) is 4.39 Å². The second kappa shape index (κ2) is 15.1. The van der Waals surface area contributed by atoms with Crippen molar-refractivity contribution >= 4 is 39.6 Å². The van der Waals surface area contributed by atoms with Gasteiger partial charge in [0.25, 0.3) is 0 Å². The summed E-state index contributed by atoms with van der Waals surface area (Å²) in [6, 6.07) is 17.5. The Hall–Kier alpha value is -3.65. The van der Waals surface area contributed by atoms with Crippen LogP contribution in [0.5, 0.6) is 11.8 Å². The molecule has 0 bridgehead atoms. The van der Waals surface area contributed by atoms with E-state index in [1.54, 1.807) is 0 Å². The Labute approximate surface area is 305 Å². The second-order valence-corrected chi connectivity index (χ2v) is 26.3. The van der Waals surface area contributed by atoms with Crippen LogP contribution in [0.25, 0.3) is 28.1 Å². The highest BCUT2D eigenvalue weighted by molar-refractivity contribution is 6.74. The van der Waals surface area contributed by atoms with E-state index in [1.807, 2.05) is 24.3 Å². The number of fused-ring (bicyclic) bond motifs is 1. The number of aromatic nitrogens is 2. The van der Waals surface area contributed by atoms with E-state index in [4.69, 9.17) is 13.7 Å². The van der Waals surface area contributed by atoms with Crippen molar-refractivity contribution in [1.29, 1.82) is 0 Å². The van der Waals surface area contributed by atoms with E-state index < -0.39 is 34.8 Å². The molecule has 0 unspecified atom stereocenters. The number of benzene rings is 2. The second-order valence-electron chi connectivity index (χ2n) is 16.8. The molecule has 2 aromatic carbocycles. The summed E-state index contributed by atoms with van der Waals surface area (Å²) in [6.07, 6.45) is 3.39. The van der Waals surface area contributed by atoms with E-state index in [-0.39, 0.29) is 40.1 Å². The number of halogens is 1. The molecule has 2 aromatic heterocycles. The highest BCUT2D eigenvalue weighted by Gasteiger charge is 2.42. The van der Waals surface area contributed by atoms with E-state index >= 15 is 0 Å². The van der Waals surface area contributed by atoms with Crippen molar-refractivity contribution in [3.05, 3.63) is 78.3 Å². The summed E-state index contributed by atoms with van der Waals surface area (Å²) < 4.78 is 31.1. The van der Waals surface area contributed by atoms with Gasteiger partial charge in [0.05, 0.1) is 18.6 Å². The summed E-state index contributed by atoms with van der Waals surface area (Å²) in [5.74, 6) is -1.72. The van der Waals surface area contributed by atoms with E-state index in [0.717, 1.165) is 27.7 Å². The van der Waals surface area contributed by atoms with E-state index in [0.29, 0.717) is 11.2 Å². The molecular weight excluding hydrogens is 680 g/mol. The maximum atomic E-state index is 14.1. The van der Waals surface area contributed by atoms with Crippen molar-refractivity contribution in [3.63, 3.8) is 0 Å². The fourth-order valence-corrected chi connectivity index (χ4v) is 8.34. The molecule has 8 nitrogen and oxygen atoms in total. The molecule has 0 radical (unpaired) electrons. The molecule has 0 amide bonds. The van der Waals surface area contributed by atoms with Crippen molar-refractivity contribution in [2.45, 2.75) is 123 Å². The summed E-state index contributed by atoms with van der Waals surface area (Å²) in [4.78, 5) is 18.8. The number of para-hydroxylation sites is 1. The van der Waals surface area contributed by atoms with Crippen molar-refractivity contribution in [2.24, 2.45) is 0 Å². The lowest BCUT2D eigenvalue weighted by atomic mass is 10.0. The Morgan fingerprint density at radius 1 is 0.843 bits per heavy atom. The van der Waals surface area contributed by atoms with Crippen LogP contribution in [0.3, 0.4) is 0 Å². The normalized spacial score (nSPS) is 14.5. The van der Waals surface area contributed by atoms with Gasteiger partial charge in [-0.15, -0.1) is 4.73 Å². The van der Waals surface area contributed by atoms with Gasteiger partial charge in [0.15, 0.2) is 16.6 Å². The zero-order valence-electron chi connectivity index (χ0n) is 32.4. The average molecular weight is 737 g/mol. The standard InChI is InChI=1S/C40H57FN2O6Si2/c1-27(2)42-33-16-14-13-15-32(33)38(28-17-19-29(41)20-18-28)34(42)22-21-30(48-50(9,10)39(3,4)5)25-31(49-51(11,12)40(6,7)8)26-37(46)47-43-35(44)23-24-36(43)45/h13-24,27,30-31,44-45H,25-26H2,1-12H3/t30-,31-/m0/s1. The van der Waals surface area contributed by atoms with E-state index in [1.165, 1.54) is 24.3 Å². The van der Waals surface area contributed by atoms with Crippen LogP contribution < -0.4 is 4.84 Å². The fourth-order valence-electron chi connectivity index (χ4n) is 5.69. The van der Waals surface area contributed by atoms with Gasteiger partial charge in [-0.1, -0.05) is 78.0 Å². The predicted molar refractivity (Wildman–Crippen MR) is 209 cm³/mol. The van der Waals surface area contributed by atoms with Crippen LogP contribution >= 0.6 is 0 Å². The van der Waals surface area contributed by atoms with Crippen molar-refractivity contribution in [1.82, 2.24) is 9.30 Å². The number of carbonyl (C=O) groups is 1. The zero-order chi connectivity index (χ0) is 38.1. The lowest BCUT2D eigenvalue weighted by molar-refractivity contribution is -0.147. The number of hydrogen-bond acceptors (Lipinski definition) is 6. The summed E-state index contributed by atoms with van der Waals surface area (Å²) in [7, 11) is -4.76. The topological polar surface area (TPSA) is 95.1 Å². The molecule has 4 aromatic rings. The van der Waals surface area contributed by atoms with E-state index in [9.17, 15) is 19.4 Å². The van der Waals surface area contributed by atoms with Gasteiger partial charge in [0, 0.05) is 46.8 Å². The van der Waals surface area contributed by atoms with Crippen LogP contribution in [0.15, 0.2) is 66.7 Å². The summed E-state index contributed by atoms with van der Waals surface area (Å²) in [5, 5.41) is 21.1. The third-order valence-corrected chi connectivity index (χ3v) is 19.5. The SMILES string of the molecule is CC(C)n1c(C=C[C@@H](C[C@@H](CC(=O)On2c(O)ccc2O)O[Si](C)(C)C(C)(C)C)O[Si](C)(C)C(C)(C)C)c(-c2ccc(F)cc2)c2ccccc21. The fraction of sp³-hybridized carbons (Fsp3) is 0.475. The van der Waals surface area contributed by atoms with Crippen molar-refractivity contribution in [2.75, 3.05) is 0 Å². The molecule has 11 heteroatoms. The first kappa shape index (κ1) is 40.1. The predicted octanol–water partition coefficient (Wildman–Crippen LogP) is 10.5. The molecule has 0 saturated heterocycles. The van der Waals surface area contributed by atoms with Crippen LogP contribution in [-0.4, -0.2) is 54.3 Å². The third kappa shape index (κ3) is 9.24. The van der Waals surface area contributed by atoms with Gasteiger partial charge in [-0.05, 0) is 80.0 Å². The molecule has 0 saturated carbocycles. The monoisotopic (exact) mass is 736 g/mol. The smallest absolute Gasteiger partial charge is 0.335 e. The van der Waals surface area contributed by atoms with Gasteiger partial charge < -0.3 is 28.5 Å². The Kier molecular flexibility index (Phi) is 11.9. The first-order chi connectivity index (χ1) is 23.5. The van der Waals surface area contributed by atoms with Crippen LogP contribution in [0.1, 0.15) is 80.0 Å². The molecule has 0 aliphatic heterocycles. The Balaban J connectivity index is 1.83. The average Bonchev–Trinajstić information content (AvgIpc) is 3.50. The molecule has 51 heavy (non-hydrogen) atoms. The molecule has 4 rings (SSSR count). The number of nitrogens with zero attached hydrogens (tertiary/aromatic N) is 2. The minimum Gasteiger partial charge on any atom is -0.492 e. The highest BCUT2D eigenvalue weighted by Crippen LogP contribution is 2.42. The molecule has 0 aliphatic rings. The maximum Gasteiger partial charge on any atom is 0.335 e. The van der Waals surface area contributed by atoms with Gasteiger partial charge >= 0.3 is 5.97 Å². The first-order valence-electron chi connectivity index (χ1n) is 17.8. The Morgan fingerprint density at radius 3 is 1.94 bits per heavy atom. The Bertz CT molecular complexity index is 1830. The Morgan fingerprint density at radius 2 is 1.39 bits per heavy atom. The quantitative estimate of drug-likeness (QED) is 0.133. The van der Waals surface area contributed by atoms with Gasteiger partial charge in [-0.3, -0.25) is 0 Å². The molecule has 0 spiro atoms. The first-order valence-corrected chi connectivity index (χ1v) is 23.6. The number of rotatable bonds is 13. The van der Waals surface area contributed by atoms with Gasteiger partial charge in [-0.25, -0.2) is 9.18 Å². The zero-order valence-corrected chi connectivity index (χ0v) is 34.4.